The second-order valence-electron chi connectivity index (χ2n) is 5.39. The molecule has 0 bridgehead atoms. The molecule has 1 fully saturated rings. The molecule has 1 aromatic rings. The van der Waals surface area contributed by atoms with Crippen molar-refractivity contribution in [3.63, 3.8) is 0 Å². The average molecular weight is 280 g/mol. The van der Waals surface area contributed by atoms with Crippen LogP contribution in [0.2, 0.25) is 0 Å². The Kier molecular flexibility index (Phi) is 5.17. The summed E-state index contributed by atoms with van der Waals surface area (Å²) in [7, 11) is 2.17. The van der Waals surface area contributed by atoms with Crippen LogP contribution in [0.5, 0.6) is 0 Å². The number of likely N-dealkylation sites (N-methyl/N-ethyl adjacent to an activating group) is 1. The molecule has 2 heterocycles. The van der Waals surface area contributed by atoms with Gasteiger partial charge in [0.2, 0.25) is 0 Å². The number of furan rings is 1. The van der Waals surface area contributed by atoms with Gasteiger partial charge in [-0.2, -0.15) is 0 Å². The van der Waals surface area contributed by atoms with Gasteiger partial charge in [0.05, 0.1) is 6.54 Å². The van der Waals surface area contributed by atoms with E-state index in [2.05, 4.69) is 29.2 Å². The number of nitrogen functional groups attached to an aromatic ring is 1. The summed E-state index contributed by atoms with van der Waals surface area (Å²) < 4.78 is 5.55. The molecule has 1 saturated heterocycles. The smallest absolute Gasteiger partial charge is 0.300 e. The molecule has 1 aliphatic rings. The van der Waals surface area contributed by atoms with E-state index in [4.69, 9.17) is 10.3 Å². The summed E-state index contributed by atoms with van der Waals surface area (Å²) in [5.74, 6) is 5.79. The van der Waals surface area contributed by atoms with E-state index in [1.807, 2.05) is 6.07 Å². The monoisotopic (exact) mass is 280 g/mol. The van der Waals surface area contributed by atoms with Gasteiger partial charge in [-0.25, -0.2) is 5.84 Å². The van der Waals surface area contributed by atoms with Crippen molar-refractivity contribution in [2.45, 2.75) is 32.4 Å². The van der Waals surface area contributed by atoms with Gasteiger partial charge in [0.25, 0.3) is 0 Å². The zero-order chi connectivity index (χ0) is 14.5. The maximum Gasteiger partial charge on any atom is 0.300 e. The first kappa shape index (κ1) is 15.0. The Morgan fingerprint density at radius 3 is 3.00 bits per heavy atom. The molecule has 0 spiro atoms. The van der Waals surface area contributed by atoms with Crippen LogP contribution in [-0.4, -0.2) is 48.4 Å². The summed E-state index contributed by atoms with van der Waals surface area (Å²) in [6.07, 6.45) is 2.27. The van der Waals surface area contributed by atoms with Gasteiger partial charge in [0.15, 0.2) is 5.76 Å². The minimum atomic E-state index is -0.390. The Morgan fingerprint density at radius 1 is 1.50 bits per heavy atom. The number of carbonyl (C=O) groups excluding carboxylic acids is 1. The van der Waals surface area contributed by atoms with Crippen LogP contribution in [0, 0.1) is 0 Å². The Labute approximate surface area is 119 Å². The number of hydrazine groups is 1. The highest BCUT2D eigenvalue weighted by atomic mass is 16.4. The Bertz CT molecular complexity index is 446. The first-order chi connectivity index (χ1) is 9.63. The van der Waals surface area contributed by atoms with E-state index < -0.39 is 0 Å². The highest BCUT2D eigenvalue weighted by Crippen LogP contribution is 2.17. The predicted molar refractivity (Wildman–Crippen MR) is 77.0 cm³/mol. The Hall–Kier alpha value is -1.37. The van der Waals surface area contributed by atoms with Crippen LogP contribution >= 0.6 is 0 Å². The highest BCUT2D eigenvalue weighted by molar-refractivity contribution is 5.90. The van der Waals surface area contributed by atoms with Crippen LogP contribution in [-0.2, 0) is 6.54 Å². The van der Waals surface area contributed by atoms with E-state index in [1.54, 1.807) is 6.07 Å². The van der Waals surface area contributed by atoms with E-state index in [9.17, 15) is 4.79 Å². The molecule has 6 heteroatoms. The number of rotatable bonds is 4. The molecule has 1 aliphatic heterocycles. The van der Waals surface area contributed by atoms with E-state index in [0.717, 1.165) is 44.8 Å². The standard InChI is InChI=1S/C14H24N4O2/c1-3-11-9-17(2)7-4-8-18(11)10-12-5-6-13(20-12)14(19)16-15/h5-6,11H,3-4,7-10,15H2,1-2H3,(H,16,19). The summed E-state index contributed by atoms with van der Waals surface area (Å²) in [6, 6.07) is 4.05. The van der Waals surface area contributed by atoms with Gasteiger partial charge < -0.3 is 9.32 Å². The third kappa shape index (κ3) is 3.59. The second kappa shape index (κ2) is 6.88. The molecule has 0 aliphatic carbocycles. The van der Waals surface area contributed by atoms with Crippen molar-refractivity contribution in [2.75, 3.05) is 26.7 Å². The van der Waals surface area contributed by atoms with Crippen molar-refractivity contribution in [1.82, 2.24) is 15.2 Å². The molecule has 112 valence electrons. The maximum atomic E-state index is 11.4. The molecule has 1 unspecified atom stereocenters. The minimum absolute atomic E-state index is 0.266. The number of hydrogen-bond acceptors (Lipinski definition) is 5. The quantitative estimate of drug-likeness (QED) is 0.485. The largest absolute Gasteiger partial charge is 0.455 e. The van der Waals surface area contributed by atoms with Crippen molar-refractivity contribution in [3.8, 4) is 0 Å². The summed E-state index contributed by atoms with van der Waals surface area (Å²) in [4.78, 5) is 16.2. The SMILES string of the molecule is CCC1CN(C)CCCN1Cc1ccc(C(=O)NN)o1. The topological polar surface area (TPSA) is 74.7 Å². The molecule has 3 N–H and O–H groups in total. The minimum Gasteiger partial charge on any atom is -0.455 e. The van der Waals surface area contributed by atoms with Gasteiger partial charge in [-0.15, -0.1) is 0 Å². The highest BCUT2D eigenvalue weighted by Gasteiger charge is 2.23. The van der Waals surface area contributed by atoms with Gasteiger partial charge in [0, 0.05) is 19.1 Å². The molecule has 0 radical (unpaired) electrons. The van der Waals surface area contributed by atoms with Crippen LogP contribution < -0.4 is 11.3 Å². The number of hydrogen-bond donors (Lipinski definition) is 2. The first-order valence-corrected chi connectivity index (χ1v) is 7.16. The molecule has 2 rings (SSSR count). The number of nitrogens with two attached hydrogens (primary N) is 1. The molecule has 0 aromatic carbocycles. The molecule has 1 aromatic heterocycles. The number of nitrogens with one attached hydrogen (secondary N) is 1. The Balaban J connectivity index is 2.03. The third-order valence-corrected chi connectivity index (χ3v) is 3.87. The molecular weight excluding hydrogens is 256 g/mol. The van der Waals surface area contributed by atoms with Gasteiger partial charge in [-0.3, -0.25) is 15.1 Å². The van der Waals surface area contributed by atoms with Crippen LogP contribution in [0.15, 0.2) is 16.5 Å². The fraction of sp³-hybridized carbons (Fsp3) is 0.643. The lowest BCUT2D eigenvalue weighted by Gasteiger charge is -2.29. The van der Waals surface area contributed by atoms with Crippen molar-refractivity contribution >= 4 is 5.91 Å². The van der Waals surface area contributed by atoms with E-state index in [-0.39, 0.29) is 11.7 Å². The Morgan fingerprint density at radius 2 is 2.30 bits per heavy atom. The van der Waals surface area contributed by atoms with E-state index in [1.165, 1.54) is 0 Å². The zero-order valence-corrected chi connectivity index (χ0v) is 12.3. The first-order valence-electron chi connectivity index (χ1n) is 7.16. The molecule has 20 heavy (non-hydrogen) atoms. The molecule has 1 amide bonds. The predicted octanol–water partition coefficient (Wildman–Crippen LogP) is 0.799. The zero-order valence-electron chi connectivity index (χ0n) is 12.3. The van der Waals surface area contributed by atoms with Crippen molar-refractivity contribution in [3.05, 3.63) is 23.7 Å². The van der Waals surface area contributed by atoms with Gasteiger partial charge in [0.1, 0.15) is 5.76 Å². The number of amides is 1. The third-order valence-electron chi connectivity index (χ3n) is 3.87. The molecule has 1 atom stereocenters. The lowest BCUT2D eigenvalue weighted by Crippen LogP contribution is -2.39. The fourth-order valence-corrected chi connectivity index (χ4v) is 2.74. The molecular formula is C14H24N4O2. The van der Waals surface area contributed by atoms with Crippen LogP contribution in [0.1, 0.15) is 36.1 Å². The van der Waals surface area contributed by atoms with Crippen LogP contribution in [0.3, 0.4) is 0 Å². The summed E-state index contributed by atoms with van der Waals surface area (Å²) in [5, 5.41) is 0. The van der Waals surface area contributed by atoms with Crippen molar-refractivity contribution in [2.24, 2.45) is 5.84 Å². The van der Waals surface area contributed by atoms with Crippen molar-refractivity contribution < 1.29 is 9.21 Å². The summed E-state index contributed by atoms with van der Waals surface area (Å²) in [6.45, 7) is 6.22. The molecule has 0 saturated carbocycles. The van der Waals surface area contributed by atoms with Crippen molar-refractivity contribution in [1.29, 1.82) is 0 Å². The van der Waals surface area contributed by atoms with Gasteiger partial charge in [-0.1, -0.05) is 6.92 Å². The maximum absolute atomic E-state index is 11.4. The van der Waals surface area contributed by atoms with E-state index >= 15 is 0 Å². The van der Waals surface area contributed by atoms with E-state index in [0.29, 0.717) is 6.04 Å². The van der Waals surface area contributed by atoms with Gasteiger partial charge >= 0.3 is 5.91 Å². The lowest BCUT2D eigenvalue weighted by molar-refractivity contribution is 0.0920. The lowest BCUT2D eigenvalue weighted by atomic mass is 10.2. The van der Waals surface area contributed by atoms with Gasteiger partial charge in [-0.05, 0) is 38.6 Å². The summed E-state index contributed by atoms with van der Waals surface area (Å²) >= 11 is 0. The van der Waals surface area contributed by atoms with Crippen LogP contribution in [0.25, 0.3) is 0 Å². The second-order valence-corrected chi connectivity index (χ2v) is 5.39. The normalized spacial score (nSPS) is 21.6. The average Bonchev–Trinajstić information content (AvgIpc) is 2.83. The fourth-order valence-electron chi connectivity index (χ4n) is 2.74. The number of carbonyl (C=O) groups is 1. The molecule has 6 nitrogen and oxygen atoms in total. The number of nitrogens with zero attached hydrogens (tertiary/aromatic N) is 2. The summed E-state index contributed by atoms with van der Waals surface area (Å²) in [5.41, 5.74) is 2.08. The van der Waals surface area contributed by atoms with Crippen LogP contribution in [0.4, 0.5) is 0 Å².